The highest BCUT2D eigenvalue weighted by Crippen LogP contribution is 2.43. The van der Waals surface area contributed by atoms with Gasteiger partial charge in [-0.1, -0.05) is 24.3 Å². The Morgan fingerprint density at radius 3 is 2.62 bits per heavy atom. The maximum Gasteiger partial charge on any atom is 0.257 e. The SMILES string of the molecule is Cc1nccn1Cc1ccc(NC(=O)CCN2C(=O)c3ccccc3N3C(=O)CCC23C)cc1. The van der Waals surface area contributed by atoms with Crippen molar-refractivity contribution in [3.63, 3.8) is 0 Å². The van der Waals surface area contributed by atoms with E-state index in [1.807, 2.05) is 56.4 Å². The largest absolute Gasteiger partial charge is 0.331 e. The minimum atomic E-state index is -0.754. The van der Waals surface area contributed by atoms with Gasteiger partial charge in [0.15, 0.2) is 0 Å². The fraction of sp³-hybridized carbons (Fsp3) is 0.308. The highest BCUT2D eigenvalue weighted by atomic mass is 16.2. The van der Waals surface area contributed by atoms with Crippen LogP contribution < -0.4 is 10.2 Å². The smallest absolute Gasteiger partial charge is 0.257 e. The molecule has 0 aliphatic carbocycles. The van der Waals surface area contributed by atoms with E-state index in [2.05, 4.69) is 14.9 Å². The molecule has 1 fully saturated rings. The van der Waals surface area contributed by atoms with Gasteiger partial charge in [0.05, 0.1) is 11.3 Å². The fourth-order valence-corrected chi connectivity index (χ4v) is 4.94. The van der Waals surface area contributed by atoms with Crippen LogP contribution in [0.4, 0.5) is 11.4 Å². The van der Waals surface area contributed by atoms with Gasteiger partial charge in [-0.2, -0.15) is 0 Å². The maximum atomic E-state index is 13.3. The number of fused-ring (bicyclic) bond motifs is 3. The van der Waals surface area contributed by atoms with E-state index < -0.39 is 5.66 Å². The standard InChI is InChI=1S/C26H27N5O3/c1-18-27-14-16-29(18)17-19-7-9-20(10-8-19)28-23(32)12-15-30-25(34)21-5-3-4-6-22(21)31-24(33)11-13-26(30,31)2/h3-10,14,16H,11-13,15,17H2,1-2H3,(H,28,32). The number of aryl methyl sites for hydroxylation is 1. The number of imidazole rings is 1. The molecule has 5 rings (SSSR count). The zero-order valence-electron chi connectivity index (χ0n) is 19.3. The first-order chi connectivity index (χ1) is 16.4. The van der Waals surface area contributed by atoms with Crippen molar-refractivity contribution in [1.29, 1.82) is 0 Å². The van der Waals surface area contributed by atoms with Gasteiger partial charge in [0.2, 0.25) is 11.8 Å². The average Bonchev–Trinajstić information content (AvgIpc) is 3.37. The zero-order valence-corrected chi connectivity index (χ0v) is 19.3. The number of nitrogens with zero attached hydrogens (tertiary/aromatic N) is 4. The molecule has 8 heteroatoms. The molecule has 1 saturated heterocycles. The van der Waals surface area contributed by atoms with Gasteiger partial charge in [-0.15, -0.1) is 0 Å². The zero-order chi connectivity index (χ0) is 23.9. The van der Waals surface area contributed by atoms with Crippen LogP contribution in [0.5, 0.6) is 0 Å². The van der Waals surface area contributed by atoms with Crippen molar-refractivity contribution in [2.24, 2.45) is 0 Å². The highest BCUT2D eigenvalue weighted by molar-refractivity contribution is 6.10. The number of nitrogens with one attached hydrogen (secondary N) is 1. The van der Waals surface area contributed by atoms with Crippen LogP contribution in [0.2, 0.25) is 0 Å². The van der Waals surface area contributed by atoms with Crippen molar-refractivity contribution in [3.05, 3.63) is 77.9 Å². The molecule has 174 valence electrons. The summed E-state index contributed by atoms with van der Waals surface area (Å²) in [4.78, 5) is 46.3. The highest BCUT2D eigenvalue weighted by Gasteiger charge is 2.52. The van der Waals surface area contributed by atoms with Crippen LogP contribution in [-0.2, 0) is 16.1 Å². The van der Waals surface area contributed by atoms with Crippen LogP contribution in [0.15, 0.2) is 60.9 Å². The lowest BCUT2D eigenvalue weighted by Crippen LogP contribution is -2.62. The van der Waals surface area contributed by atoms with Crippen molar-refractivity contribution < 1.29 is 14.4 Å². The van der Waals surface area contributed by atoms with Crippen LogP contribution in [0.3, 0.4) is 0 Å². The van der Waals surface area contributed by atoms with E-state index in [9.17, 15) is 14.4 Å². The normalized spacial score (nSPS) is 19.2. The van der Waals surface area contributed by atoms with Gasteiger partial charge >= 0.3 is 0 Å². The van der Waals surface area contributed by atoms with Crippen LogP contribution in [0, 0.1) is 6.92 Å². The molecule has 2 aliphatic heterocycles. The van der Waals surface area contributed by atoms with E-state index in [0.29, 0.717) is 36.3 Å². The Labute approximate surface area is 198 Å². The van der Waals surface area contributed by atoms with Crippen molar-refractivity contribution in [1.82, 2.24) is 14.5 Å². The maximum absolute atomic E-state index is 13.3. The topological polar surface area (TPSA) is 87.5 Å². The second-order valence-corrected chi connectivity index (χ2v) is 9.02. The average molecular weight is 458 g/mol. The van der Waals surface area contributed by atoms with E-state index in [1.54, 1.807) is 28.1 Å². The Hall–Kier alpha value is -3.94. The molecule has 2 aliphatic rings. The number of carbonyl (C=O) groups is 3. The number of para-hydroxylation sites is 1. The molecule has 3 amide bonds. The summed E-state index contributed by atoms with van der Waals surface area (Å²) in [5, 5.41) is 2.92. The summed E-state index contributed by atoms with van der Waals surface area (Å²) in [6.45, 7) is 4.81. The van der Waals surface area contributed by atoms with Crippen LogP contribution in [0.25, 0.3) is 0 Å². The molecule has 1 aromatic heterocycles. The quantitative estimate of drug-likeness (QED) is 0.613. The molecule has 8 nitrogen and oxygen atoms in total. The Morgan fingerprint density at radius 2 is 1.88 bits per heavy atom. The lowest BCUT2D eigenvalue weighted by molar-refractivity contribution is -0.117. The van der Waals surface area contributed by atoms with Crippen molar-refractivity contribution >= 4 is 29.1 Å². The molecule has 2 aromatic carbocycles. The fourth-order valence-electron chi connectivity index (χ4n) is 4.94. The van der Waals surface area contributed by atoms with E-state index in [4.69, 9.17) is 0 Å². The molecule has 0 bridgehead atoms. The van der Waals surface area contributed by atoms with E-state index in [0.717, 1.165) is 11.4 Å². The summed E-state index contributed by atoms with van der Waals surface area (Å²) in [6, 6.07) is 14.9. The minimum absolute atomic E-state index is 0.00266. The number of rotatable bonds is 6. The van der Waals surface area contributed by atoms with Crippen molar-refractivity contribution in [2.45, 2.75) is 45.3 Å². The third-order valence-electron chi connectivity index (χ3n) is 6.82. The Bertz CT molecular complexity index is 1270. The number of amides is 3. The summed E-state index contributed by atoms with van der Waals surface area (Å²) >= 11 is 0. The first-order valence-corrected chi connectivity index (χ1v) is 11.5. The van der Waals surface area contributed by atoms with Crippen LogP contribution in [0.1, 0.15) is 47.9 Å². The van der Waals surface area contributed by atoms with E-state index >= 15 is 0 Å². The summed E-state index contributed by atoms with van der Waals surface area (Å²) in [5.41, 5.74) is 2.21. The monoisotopic (exact) mass is 457 g/mol. The molecule has 1 unspecified atom stereocenters. The van der Waals surface area contributed by atoms with Crippen LogP contribution >= 0.6 is 0 Å². The van der Waals surface area contributed by atoms with Crippen LogP contribution in [-0.4, -0.2) is 44.4 Å². The predicted octanol–water partition coefficient (Wildman–Crippen LogP) is 3.57. The summed E-state index contributed by atoms with van der Waals surface area (Å²) in [6.07, 6.45) is 4.78. The van der Waals surface area contributed by atoms with E-state index in [1.165, 1.54) is 0 Å². The van der Waals surface area contributed by atoms with Gasteiger partial charge in [0.25, 0.3) is 5.91 Å². The van der Waals surface area contributed by atoms with Gasteiger partial charge in [0.1, 0.15) is 11.5 Å². The molecule has 0 radical (unpaired) electrons. The molecule has 34 heavy (non-hydrogen) atoms. The molecule has 3 heterocycles. The Balaban J connectivity index is 1.25. The Morgan fingerprint density at radius 1 is 1.12 bits per heavy atom. The molecular weight excluding hydrogens is 430 g/mol. The number of hydrogen-bond donors (Lipinski definition) is 1. The van der Waals surface area contributed by atoms with Crippen molar-refractivity contribution in [3.8, 4) is 0 Å². The summed E-state index contributed by atoms with van der Waals surface area (Å²) in [7, 11) is 0. The second-order valence-electron chi connectivity index (χ2n) is 9.02. The third kappa shape index (κ3) is 3.75. The van der Waals surface area contributed by atoms with Gasteiger partial charge in [-0.25, -0.2) is 4.98 Å². The minimum Gasteiger partial charge on any atom is -0.331 e. The van der Waals surface area contributed by atoms with Gasteiger partial charge in [-0.3, -0.25) is 19.3 Å². The lowest BCUT2D eigenvalue weighted by atomic mass is 9.98. The van der Waals surface area contributed by atoms with Gasteiger partial charge in [-0.05, 0) is 50.1 Å². The number of aromatic nitrogens is 2. The number of carbonyl (C=O) groups excluding carboxylic acids is 3. The second kappa shape index (κ2) is 8.44. The number of benzene rings is 2. The summed E-state index contributed by atoms with van der Waals surface area (Å²) in [5.74, 6) is 0.631. The molecule has 0 spiro atoms. The molecule has 0 saturated carbocycles. The first-order valence-electron chi connectivity index (χ1n) is 11.5. The van der Waals surface area contributed by atoms with Gasteiger partial charge in [0, 0.05) is 44.0 Å². The first kappa shape index (κ1) is 21.9. The molecular formula is C26H27N5O3. The Kier molecular flexibility index (Phi) is 5.43. The predicted molar refractivity (Wildman–Crippen MR) is 128 cm³/mol. The lowest BCUT2D eigenvalue weighted by Gasteiger charge is -2.48. The van der Waals surface area contributed by atoms with E-state index in [-0.39, 0.29) is 30.7 Å². The summed E-state index contributed by atoms with van der Waals surface area (Å²) < 4.78 is 2.05. The van der Waals surface area contributed by atoms with Gasteiger partial charge < -0.3 is 14.8 Å². The molecule has 1 atom stereocenters. The molecule has 1 N–H and O–H groups in total. The van der Waals surface area contributed by atoms with Crippen molar-refractivity contribution in [2.75, 3.05) is 16.8 Å². The molecule has 3 aromatic rings. The third-order valence-corrected chi connectivity index (χ3v) is 6.82. The number of hydrogen-bond acceptors (Lipinski definition) is 4. The number of anilines is 2.